The fourth-order valence-electron chi connectivity index (χ4n) is 1.75. The van der Waals surface area contributed by atoms with Gasteiger partial charge >= 0.3 is 0 Å². The van der Waals surface area contributed by atoms with Crippen molar-refractivity contribution in [2.45, 2.75) is 0 Å². The highest BCUT2D eigenvalue weighted by Gasteiger charge is 2.13. The number of nitro groups is 1. The number of amides is 1. The zero-order valence-electron chi connectivity index (χ0n) is 10.7. The average Bonchev–Trinajstić information content (AvgIpc) is 2.47. The summed E-state index contributed by atoms with van der Waals surface area (Å²) in [6.45, 7) is 0. The second kappa shape index (κ2) is 5.71. The lowest BCUT2D eigenvalue weighted by Gasteiger charge is -2.07. The molecule has 0 aliphatic carbocycles. The summed E-state index contributed by atoms with van der Waals surface area (Å²) in [4.78, 5) is 21.1. The summed E-state index contributed by atoms with van der Waals surface area (Å²) < 4.78 is 0. The minimum atomic E-state index is -0.607. The van der Waals surface area contributed by atoms with Gasteiger partial charge in [-0.05, 0) is 36.4 Å². The van der Waals surface area contributed by atoms with Gasteiger partial charge in [0, 0.05) is 23.0 Å². The number of nitrogens with two attached hydrogens (primary N) is 1. The number of anilines is 2. The van der Waals surface area contributed by atoms with Crippen molar-refractivity contribution in [1.82, 2.24) is 0 Å². The van der Waals surface area contributed by atoms with E-state index in [1.54, 1.807) is 30.3 Å². The fourth-order valence-corrected chi connectivity index (χ4v) is 1.75. The fraction of sp³-hybridized carbons (Fsp3) is 0. The number of benzene rings is 2. The molecule has 21 heavy (non-hydrogen) atoms. The van der Waals surface area contributed by atoms with Gasteiger partial charge in [-0.15, -0.1) is 0 Å². The zero-order valence-corrected chi connectivity index (χ0v) is 10.7. The molecule has 0 aromatic heterocycles. The van der Waals surface area contributed by atoms with Crippen LogP contribution in [0.25, 0.3) is 0 Å². The SMILES string of the molecule is N#Cc1cc(Nc2ccc(C(N)=O)cc2)ccc1[N+](=O)[O-]. The molecule has 7 nitrogen and oxygen atoms in total. The van der Waals surface area contributed by atoms with Gasteiger partial charge in [-0.2, -0.15) is 5.26 Å². The molecule has 0 fully saturated rings. The van der Waals surface area contributed by atoms with E-state index >= 15 is 0 Å². The van der Waals surface area contributed by atoms with Crippen LogP contribution in [0.15, 0.2) is 42.5 Å². The first-order valence-corrected chi connectivity index (χ1v) is 5.86. The Morgan fingerprint density at radius 3 is 2.33 bits per heavy atom. The quantitative estimate of drug-likeness (QED) is 0.658. The molecule has 0 saturated carbocycles. The van der Waals surface area contributed by atoms with E-state index in [4.69, 9.17) is 11.0 Å². The van der Waals surface area contributed by atoms with Crippen LogP contribution in [0.2, 0.25) is 0 Å². The molecule has 7 heteroatoms. The maximum absolute atomic E-state index is 11.0. The monoisotopic (exact) mass is 282 g/mol. The van der Waals surface area contributed by atoms with Crippen LogP contribution < -0.4 is 11.1 Å². The molecule has 0 aliphatic heterocycles. The second-order valence-electron chi connectivity index (χ2n) is 4.17. The molecule has 0 spiro atoms. The molecule has 2 rings (SSSR count). The molecular weight excluding hydrogens is 272 g/mol. The van der Waals surface area contributed by atoms with Crippen LogP contribution in [0.3, 0.4) is 0 Å². The Kier molecular flexibility index (Phi) is 3.81. The van der Waals surface area contributed by atoms with Crippen molar-refractivity contribution in [2.75, 3.05) is 5.32 Å². The van der Waals surface area contributed by atoms with E-state index in [0.717, 1.165) is 0 Å². The number of hydrogen-bond donors (Lipinski definition) is 2. The van der Waals surface area contributed by atoms with Gasteiger partial charge in [-0.3, -0.25) is 14.9 Å². The van der Waals surface area contributed by atoms with Gasteiger partial charge < -0.3 is 11.1 Å². The Hall–Kier alpha value is -3.40. The molecule has 0 bridgehead atoms. The van der Waals surface area contributed by atoms with Crippen molar-refractivity contribution < 1.29 is 9.72 Å². The molecule has 2 aromatic rings. The summed E-state index contributed by atoms with van der Waals surface area (Å²) in [6.07, 6.45) is 0. The summed E-state index contributed by atoms with van der Waals surface area (Å²) in [5, 5.41) is 22.6. The molecule has 1 amide bonds. The summed E-state index contributed by atoms with van der Waals surface area (Å²) in [7, 11) is 0. The first-order valence-electron chi connectivity index (χ1n) is 5.86. The number of nitro benzene ring substituents is 1. The van der Waals surface area contributed by atoms with Gasteiger partial charge in [0.25, 0.3) is 5.69 Å². The van der Waals surface area contributed by atoms with E-state index in [0.29, 0.717) is 16.9 Å². The third-order valence-electron chi connectivity index (χ3n) is 2.77. The van der Waals surface area contributed by atoms with Gasteiger partial charge in [0.1, 0.15) is 11.6 Å². The smallest absolute Gasteiger partial charge is 0.287 e. The van der Waals surface area contributed by atoms with Gasteiger partial charge in [-0.1, -0.05) is 0 Å². The van der Waals surface area contributed by atoms with Crippen LogP contribution in [0.5, 0.6) is 0 Å². The highest BCUT2D eigenvalue weighted by Crippen LogP contribution is 2.24. The van der Waals surface area contributed by atoms with Gasteiger partial charge in [-0.25, -0.2) is 0 Å². The third kappa shape index (κ3) is 3.13. The summed E-state index contributed by atoms with van der Waals surface area (Å²) in [5.74, 6) is -0.524. The van der Waals surface area contributed by atoms with E-state index in [9.17, 15) is 14.9 Å². The Balaban J connectivity index is 2.26. The molecular formula is C14H10N4O3. The van der Waals surface area contributed by atoms with Crippen molar-refractivity contribution >= 4 is 23.0 Å². The van der Waals surface area contributed by atoms with Crippen LogP contribution in [0.1, 0.15) is 15.9 Å². The van der Waals surface area contributed by atoms with E-state index in [1.165, 1.54) is 18.2 Å². The van der Waals surface area contributed by atoms with Crippen LogP contribution in [0.4, 0.5) is 17.1 Å². The minimum absolute atomic E-state index is 0.0289. The van der Waals surface area contributed by atoms with Crippen molar-refractivity contribution in [3.63, 3.8) is 0 Å². The summed E-state index contributed by atoms with van der Waals surface area (Å²) in [6, 6.07) is 12.3. The lowest BCUT2D eigenvalue weighted by Crippen LogP contribution is -2.10. The number of hydrogen-bond acceptors (Lipinski definition) is 5. The third-order valence-corrected chi connectivity index (χ3v) is 2.77. The molecule has 104 valence electrons. The largest absolute Gasteiger partial charge is 0.366 e. The van der Waals surface area contributed by atoms with E-state index in [2.05, 4.69) is 5.32 Å². The first kappa shape index (κ1) is 14.0. The number of carbonyl (C=O) groups excluding carboxylic acids is 1. The average molecular weight is 282 g/mol. The predicted octanol–water partition coefficient (Wildman–Crippen LogP) is 2.31. The van der Waals surface area contributed by atoms with E-state index in [1.807, 2.05) is 0 Å². The molecule has 0 radical (unpaired) electrons. The van der Waals surface area contributed by atoms with Crippen molar-refractivity contribution in [1.29, 1.82) is 5.26 Å². The molecule has 3 N–H and O–H groups in total. The number of primary amides is 1. The van der Waals surface area contributed by atoms with Crippen LogP contribution in [0, 0.1) is 21.4 Å². The highest BCUT2D eigenvalue weighted by atomic mass is 16.6. The zero-order chi connectivity index (χ0) is 15.4. The number of carbonyl (C=O) groups is 1. The molecule has 2 aromatic carbocycles. The second-order valence-corrected chi connectivity index (χ2v) is 4.17. The van der Waals surface area contributed by atoms with Crippen LogP contribution in [-0.4, -0.2) is 10.8 Å². The number of nitrogens with one attached hydrogen (secondary N) is 1. The molecule has 0 aliphatic rings. The van der Waals surface area contributed by atoms with Gasteiger partial charge in [0.05, 0.1) is 4.92 Å². The molecule has 0 saturated heterocycles. The van der Waals surface area contributed by atoms with Crippen LogP contribution >= 0.6 is 0 Å². The lowest BCUT2D eigenvalue weighted by atomic mass is 10.1. The minimum Gasteiger partial charge on any atom is -0.366 e. The maximum Gasteiger partial charge on any atom is 0.287 e. The summed E-state index contributed by atoms with van der Waals surface area (Å²) >= 11 is 0. The number of nitriles is 1. The van der Waals surface area contributed by atoms with Gasteiger partial charge in [0.2, 0.25) is 5.91 Å². The van der Waals surface area contributed by atoms with E-state index in [-0.39, 0.29) is 11.3 Å². The Labute approximate surface area is 119 Å². The topological polar surface area (TPSA) is 122 Å². The van der Waals surface area contributed by atoms with E-state index < -0.39 is 10.8 Å². The Morgan fingerprint density at radius 1 is 1.19 bits per heavy atom. The number of nitrogens with zero attached hydrogens (tertiary/aromatic N) is 2. The van der Waals surface area contributed by atoms with Gasteiger partial charge in [0.15, 0.2) is 0 Å². The van der Waals surface area contributed by atoms with Crippen molar-refractivity contribution in [2.24, 2.45) is 5.73 Å². The molecule has 0 atom stereocenters. The molecule has 0 heterocycles. The Bertz CT molecular complexity index is 748. The standard InChI is InChI=1S/C14H10N4O3/c15-8-10-7-12(5-6-13(10)18(20)21)17-11-3-1-9(2-4-11)14(16)19/h1-7,17H,(H2,16,19). The normalized spacial score (nSPS) is 9.67. The number of rotatable bonds is 4. The van der Waals surface area contributed by atoms with Crippen molar-refractivity contribution in [3.8, 4) is 6.07 Å². The Morgan fingerprint density at radius 2 is 1.81 bits per heavy atom. The predicted molar refractivity (Wildman–Crippen MR) is 76.1 cm³/mol. The lowest BCUT2D eigenvalue weighted by molar-refractivity contribution is -0.385. The first-order chi connectivity index (χ1) is 10.0. The van der Waals surface area contributed by atoms with Crippen molar-refractivity contribution in [3.05, 3.63) is 63.7 Å². The summed E-state index contributed by atoms with van der Waals surface area (Å²) in [5.41, 5.74) is 6.44. The van der Waals surface area contributed by atoms with Crippen LogP contribution in [-0.2, 0) is 0 Å². The molecule has 0 unspecified atom stereocenters. The highest BCUT2D eigenvalue weighted by molar-refractivity contribution is 5.93. The maximum atomic E-state index is 11.0.